The highest BCUT2D eigenvalue weighted by Gasteiger charge is 2.17. The Hall–Kier alpha value is -2.69. The summed E-state index contributed by atoms with van der Waals surface area (Å²) in [7, 11) is 0. The predicted octanol–water partition coefficient (Wildman–Crippen LogP) is 2.68. The van der Waals surface area contributed by atoms with Crippen molar-refractivity contribution in [2.45, 2.75) is 13.8 Å². The Balaban J connectivity index is 2.72. The largest absolute Gasteiger partial charge is 0.508 e. The molecule has 5 heteroatoms. The third-order valence-electron chi connectivity index (χ3n) is 3.48. The molecule has 3 rings (SSSR count). The van der Waals surface area contributed by atoms with Crippen molar-refractivity contribution >= 4 is 21.7 Å². The van der Waals surface area contributed by atoms with Gasteiger partial charge in [-0.25, -0.2) is 4.79 Å². The van der Waals surface area contributed by atoms with E-state index in [0.717, 1.165) is 6.07 Å². The van der Waals surface area contributed by atoms with Crippen LogP contribution < -0.4 is 5.63 Å². The van der Waals surface area contributed by atoms with Crippen molar-refractivity contribution in [3.63, 3.8) is 0 Å². The second kappa shape index (κ2) is 3.90. The summed E-state index contributed by atoms with van der Waals surface area (Å²) in [6.07, 6.45) is 0. The first-order valence-corrected chi connectivity index (χ1v) is 6.02. The first-order chi connectivity index (χ1) is 9.40. The summed E-state index contributed by atoms with van der Waals surface area (Å²) in [4.78, 5) is 12.0. The number of aromatic hydroxyl groups is 3. The van der Waals surface area contributed by atoms with Gasteiger partial charge in [0.1, 0.15) is 28.2 Å². The maximum Gasteiger partial charge on any atom is 0.347 e. The monoisotopic (exact) mass is 272 g/mol. The van der Waals surface area contributed by atoms with E-state index in [1.54, 1.807) is 19.9 Å². The minimum atomic E-state index is -0.686. The van der Waals surface area contributed by atoms with Crippen LogP contribution in [-0.2, 0) is 0 Å². The molecule has 0 unspecified atom stereocenters. The maximum atomic E-state index is 12.0. The number of hydrogen-bond acceptors (Lipinski definition) is 5. The number of fused-ring (bicyclic) bond motifs is 3. The van der Waals surface area contributed by atoms with Crippen molar-refractivity contribution in [2.75, 3.05) is 0 Å². The summed E-state index contributed by atoms with van der Waals surface area (Å²) in [5.74, 6) is -0.424. The van der Waals surface area contributed by atoms with E-state index in [2.05, 4.69) is 0 Å². The van der Waals surface area contributed by atoms with Gasteiger partial charge in [0.2, 0.25) is 0 Å². The van der Waals surface area contributed by atoms with Crippen LogP contribution in [0.4, 0.5) is 0 Å². The Morgan fingerprint density at radius 3 is 2.40 bits per heavy atom. The lowest BCUT2D eigenvalue weighted by molar-refractivity contribution is 0.453. The zero-order valence-electron chi connectivity index (χ0n) is 10.9. The molecule has 0 saturated heterocycles. The van der Waals surface area contributed by atoms with E-state index in [9.17, 15) is 20.1 Å². The number of rotatable bonds is 0. The Morgan fingerprint density at radius 2 is 1.70 bits per heavy atom. The van der Waals surface area contributed by atoms with E-state index in [0.29, 0.717) is 27.5 Å². The molecule has 102 valence electrons. The second-order valence-electron chi connectivity index (χ2n) is 4.82. The first kappa shape index (κ1) is 12.3. The Morgan fingerprint density at radius 1 is 1.00 bits per heavy atom. The maximum absolute atomic E-state index is 12.0. The Labute approximate surface area is 113 Å². The molecule has 1 aromatic heterocycles. The summed E-state index contributed by atoms with van der Waals surface area (Å²) in [6, 6.07) is 4.00. The minimum absolute atomic E-state index is 0.0124. The highest BCUT2D eigenvalue weighted by molar-refractivity contribution is 6.09. The summed E-state index contributed by atoms with van der Waals surface area (Å²) in [5, 5.41) is 30.3. The fourth-order valence-corrected chi connectivity index (χ4v) is 2.53. The molecule has 0 aliphatic rings. The van der Waals surface area contributed by atoms with Gasteiger partial charge in [0.15, 0.2) is 0 Å². The number of benzene rings is 2. The minimum Gasteiger partial charge on any atom is -0.508 e. The third kappa shape index (κ3) is 1.53. The number of phenolic OH excluding ortho intramolecular Hbond substituents is 3. The Bertz CT molecular complexity index is 921. The van der Waals surface area contributed by atoms with Gasteiger partial charge in [-0.2, -0.15) is 0 Å². The Kier molecular flexibility index (Phi) is 2.41. The van der Waals surface area contributed by atoms with Crippen LogP contribution in [0.3, 0.4) is 0 Å². The van der Waals surface area contributed by atoms with Gasteiger partial charge in [-0.05, 0) is 31.5 Å². The van der Waals surface area contributed by atoms with Crippen LogP contribution in [0.2, 0.25) is 0 Å². The fourth-order valence-electron chi connectivity index (χ4n) is 2.53. The van der Waals surface area contributed by atoms with E-state index in [1.807, 2.05) is 0 Å². The van der Waals surface area contributed by atoms with Gasteiger partial charge in [-0.3, -0.25) is 0 Å². The van der Waals surface area contributed by atoms with E-state index in [4.69, 9.17) is 4.42 Å². The van der Waals surface area contributed by atoms with Crippen LogP contribution in [0.1, 0.15) is 11.1 Å². The van der Waals surface area contributed by atoms with E-state index in [1.165, 1.54) is 6.07 Å². The first-order valence-electron chi connectivity index (χ1n) is 6.02. The van der Waals surface area contributed by atoms with Gasteiger partial charge < -0.3 is 19.7 Å². The van der Waals surface area contributed by atoms with Crippen LogP contribution in [0, 0.1) is 13.8 Å². The van der Waals surface area contributed by atoms with Crippen molar-refractivity contribution in [1.29, 1.82) is 0 Å². The van der Waals surface area contributed by atoms with Crippen molar-refractivity contribution in [3.05, 3.63) is 39.7 Å². The molecule has 0 atom stereocenters. The summed E-state index contributed by atoms with van der Waals surface area (Å²) in [6.45, 7) is 3.39. The highest BCUT2D eigenvalue weighted by atomic mass is 16.4. The SMILES string of the molecule is Cc1cc2oc(=O)c3c(O)cc(O)cc3c2c(C)c1O. The number of phenols is 3. The van der Waals surface area contributed by atoms with Crippen LogP contribution in [0.5, 0.6) is 17.2 Å². The van der Waals surface area contributed by atoms with E-state index < -0.39 is 5.63 Å². The molecule has 0 radical (unpaired) electrons. The van der Waals surface area contributed by atoms with Crippen LogP contribution in [-0.4, -0.2) is 15.3 Å². The van der Waals surface area contributed by atoms with E-state index in [-0.39, 0.29) is 22.6 Å². The topological polar surface area (TPSA) is 90.9 Å². The molecule has 3 aromatic rings. The van der Waals surface area contributed by atoms with Crippen LogP contribution in [0.25, 0.3) is 21.7 Å². The van der Waals surface area contributed by atoms with Crippen LogP contribution in [0.15, 0.2) is 27.4 Å². The van der Waals surface area contributed by atoms with Gasteiger partial charge in [0, 0.05) is 22.4 Å². The molecule has 0 saturated carbocycles. The smallest absolute Gasteiger partial charge is 0.347 e. The van der Waals surface area contributed by atoms with Crippen molar-refractivity contribution < 1.29 is 19.7 Å². The van der Waals surface area contributed by atoms with Gasteiger partial charge in [-0.1, -0.05) is 0 Å². The highest BCUT2D eigenvalue weighted by Crippen LogP contribution is 2.37. The molecule has 3 N–H and O–H groups in total. The van der Waals surface area contributed by atoms with Gasteiger partial charge >= 0.3 is 5.63 Å². The standard InChI is InChI=1S/C15H12O5/c1-6-3-11-12(7(2)14(6)18)9-4-8(16)5-10(17)13(9)15(19)20-11/h3-5,16-18H,1-2H3. The molecule has 0 fully saturated rings. The summed E-state index contributed by atoms with van der Waals surface area (Å²) < 4.78 is 5.20. The third-order valence-corrected chi connectivity index (χ3v) is 3.48. The molecule has 20 heavy (non-hydrogen) atoms. The average Bonchev–Trinajstić information content (AvgIpc) is 2.34. The molecule has 0 aliphatic heterocycles. The van der Waals surface area contributed by atoms with Gasteiger partial charge in [-0.15, -0.1) is 0 Å². The summed E-state index contributed by atoms with van der Waals surface area (Å²) >= 11 is 0. The molecule has 2 aromatic carbocycles. The molecule has 0 amide bonds. The quantitative estimate of drug-likeness (QED) is 0.432. The molecular formula is C15H12O5. The van der Waals surface area contributed by atoms with Gasteiger partial charge in [0.25, 0.3) is 0 Å². The van der Waals surface area contributed by atoms with Crippen molar-refractivity contribution in [3.8, 4) is 17.2 Å². The molecule has 0 bridgehead atoms. The number of aryl methyl sites for hydroxylation is 2. The second-order valence-corrected chi connectivity index (χ2v) is 4.82. The average molecular weight is 272 g/mol. The number of hydrogen-bond donors (Lipinski definition) is 3. The van der Waals surface area contributed by atoms with Gasteiger partial charge in [0.05, 0.1) is 0 Å². The lowest BCUT2D eigenvalue weighted by Gasteiger charge is -2.10. The fraction of sp³-hybridized carbons (Fsp3) is 0.133. The summed E-state index contributed by atoms with van der Waals surface area (Å²) in [5.41, 5.74) is 0.732. The van der Waals surface area contributed by atoms with E-state index >= 15 is 0 Å². The molecule has 1 heterocycles. The molecule has 0 spiro atoms. The lowest BCUT2D eigenvalue weighted by atomic mass is 9.99. The molecule has 0 aliphatic carbocycles. The predicted molar refractivity (Wildman–Crippen MR) is 74.5 cm³/mol. The lowest BCUT2D eigenvalue weighted by Crippen LogP contribution is -2.01. The normalized spacial score (nSPS) is 11.3. The van der Waals surface area contributed by atoms with Crippen LogP contribution >= 0.6 is 0 Å². The zero-order valence-corrected chi connectivity index (χ0v) is 10.9. The van der Waals surface area contributed by atoms with Crippen molar-refractivity contribution in [1.82, 2.24) is 0 Å². The zero-order chi connectivity index (χ0) is 14.6. The molecular weight excluding hydrogens is 260 g/mol. The molecule has 5 nitrogen and oxygen atoms in total. The van der Waals surface area contributed by atoms with Crippen molar-refractivity contribution in [2.24, 2.45) is 0 Å².